The van der Waals surface area contributed by atoms with Gasteiger partial charge in [0.15, 0.2) is 0 Å². The van der Waals surface area contributed by atoms with Crippen LogP contribution in [0.4, 0.5) is 5.69 Å². The van der Waals surface area contributed by atoms with Gasteiger partial charge >= 0.3 is 11.8 Å². The number of aliphatic hydroxyl groups is 1. The van der Waals surface area contributed by atoms with Gasteiger partial charge in [-0.3, -0.25) is 9.59 Å². The Bertz CT molecular complexity index is 547. The molecular formula is C16H20N2O3. The first-order valence-corrected chi connectivity index (χ1v) is 6.75. The first kappa shape index (κ1) is 16.7. The zero-order valence-electron chi connectivity index (χ0n) is 12.2. The number of carbonyl (C=O) groups is 2. The molecule has 1 aromatic carbocycles. The molecule has 0 saturated carbocycles. The third-order valence-corrected chi connectivity index (χ3v) is 2.80. The van der Waals surface area contributed by atoms with E-state index in [0.29, 0.717) is 23.6 Å². The van der Waals surface area contributed by atoms with E-state index in [-0.39, 0.29) is 6.61 Å². The Morgan fingerprint density at radius 1 is 1.33 bits per heavy atom. The number of hydrogen-bond acceptors (Lipinski definition) is 3. The molecule has 0 aliphatic carbocycles. The van der Waals surface area contributed by atoms with E-state index < -0.39 is 17.9 Å². The second kappa shape index (κ2) is 8.08. The summed E-state index contributed by atoms with van der Waals surface area (Å²) in [6.07, 6.45) is 5.87. The largest absolute Gasteiger partial charge is 0.394 e. The Balaban J connectivity index is 2.62. The predicted octanol–water partition coefficient (Wildman–Crippen LogP) is 1.13. The molecule has 0 aliphatic rings. The van der Waals surface area contributed by atoms with E-state index in [0.717, 1.165) is 0 Å². The molecule has 5 heteroatoms. The first-order chi connectivity index (χ1) is 9.96. The average molecular weight is 288 g/mol. The van der Waals surface area contributed by atoms with Gasteiger partial charge in [-0.2, -0.15) is 0 Å². The summed E-state index contributed by atoms with van der Waals surface area (Å²) in [6, 6.07) is 6.23. The molecule has 3 N–H and O–H groups in total. The number of rotatable bonds is 5. The zero-order chi connectivity index (χ0) is 15.8. The van der Waals surface area contributed by atoms with E-state index in [1.165, 1.54) is 0 Å². The second-order valence-corrected chi connectivity index (χ2v) is 5.16. The van der Waals surface area contributed by atoms with Gasteiger partial charge in [-0.1, -0.05) is 25.8 Å². The van der Waals surface area contributed by atoms with Gasteiger partial charge in [-0.15, -0.1) is 6.42 Å². The maximum absolute atomic E-state index is 11.8. The molecule has 21 heavy (non-hydrogen) atoms. The van der Waals surface area contributed by atoms with Crippen molar-refractivity contribution in [3.05, 3.63) is 29.8 Å². The highest BCUT2D eigenvalue weighted by Crippen LogP contribution is 2.09. The molecule has 0 saturated heterocycles. The number of terminal acetylenes is 1. The summed E-state index contributed by atoms with van der Waals surface area (Å²) in [4.78, 5) is 23.6. The highest BCUT2D eigenvalue weighted by atomic mass is 16.3. The van der Waals surface area contributed by atoms with Crippen LogP contribution < -0.4 is 10.6 Å². The summed E-state index contributed by atoms with van der Waals surface area (Å²) in [5, 5.41) is 14.2. The molecule has 112 valence electrons. The summed E-state index contributed by atoms with van der Waals surface area (Å²) >= 11 is 0. The van der Waals surface area contributed by atoms with Crippen LogP contribution in [-0.2, 0) is 9.59 Å². The van der Waals surface area contributed by atoms with Crippen molar-refractivity contribution in [2.24, 2.45) is 5.92 Å². The minimum Gasteiger partial charge on any atom is -0.394 e. The van der Waals surface area contributed by atoms with E-state index in [1.54, 1.807) is 24.3 Å². The molecule has 0 heterocycles. The fourth-order valence-electron chi connectivity index (χ4n) is 1.87. The number of carbonyl (C=O) groups excluding carboxylic acids is 2. The van der Waals surface area contributed by atoms with Gasteiger partial charge in [0.05, 0.1) is 12.6 Å². The Kier molecular flexibility index (Phi) is 6.44. The van der Waals surface area contributed by atoms with Crippen molar-refractivity contribution in [3.63, 3.8) is 0 Å². The molecule has 1 unspecified atom stereocenters. The molecule has 0 radical (unpaired) electrons. The van der Waals surface area contributed by atoms with E-state index in [9.17, 15) is 14.7 Å². The van der Waals surface area contributed by atoms with Gasteiger partial charge in [0.2, 0.25) is 0 Å². The van der Waals surface area contributed by atoms with Crippen molar-refractivity contribution in [2.45, 2.75) is 26.3 Å². The number of hydrogen-bond donors (Lipinski definition) is 3. The molecule has 0 aromatic heterocycles. The molecule has 0 fully saturated rings. The molecular weight excluding hydrogens is 268 g/mol. The summed E-state index contributed by atoms with van der Waals surface area (Å²) < 4.78 is 0. The maximum atomic E-state index is 11.8. The SMILES string of the molecule is C#Cc1cccc(NC(=O)C(=O)NC(CO)CC(C)C)c1. The van der Waals surface area contributed by atoms with E-state index in [4.69, 9.17) is 6.42 Å². The normalized spacial score (nSPS) is 11.6. The molecule has 1 aromatic rings. The van der Waals surface area contributed by atoms with Gasteiger partial charge in [0.25, 0.3) is 0 Å². The highest BCUT2D eigenvalue weighted by molar-refractivity contribution is 6.39. The van der Waals surface area contributed by atoms with E-state index in [2.05, 4.69) is 16.6 Å². The van der Waals surface area contributed by atoms with Crippen molar-refractivity contribution < 1.29 is 14.7 Å². The number of amides is 2. The Hall–Kier alpha value is -2.32. The van der Waals surface area contributed by atoms with Crippen molar-refractivity contribution in [2.75, 3.05) is 11.9 Å². The quantitative estimate of drug-likeness (QED) is 0.561. The number of aliphatic hydroxyl groups excluding tert-OH is 1. The summed E-state index contributed by atoms with van der Waals surface area (Å²) in [6.45, 7) is 3.74. The molecule has 0 aliphatic heterocycles. The second-order valence-electron chi connectivity index (χ2n) is 5.16. The first-order valence-electron chi connectivity index (χ1n) is 6.75. The van der Waals surface area contributed by atoms with Crippen LogP contribution in [0.25, 0.3) is 0 Å². The molecule has 2 amide bonds. The molecule has 1 atom stereocenters. The lowest BCUT2D eigenvalue weighted by Crippen LogP contribution is -2.44. The van der Waals surface area contributed by atoms with Crippen LogP contribution in [-0.4, -0.2) is 29.6 Å². The van der Waals surface area contributed by atoms with Crippen LogP contribution in [0, 0.1) is 18.3 Å². The third kappa shape index (κ3) is 5.67. The van der Waals surface area contributed by atoms with Gasteiger partial charge in [0.1, 0.15) is 0 Å². The van der Waals surface area contributed by atoms with Crippen LogP contribution in [0.1, 0.15) is 25.8 Å². The molecule has 0 spiro atoms. The minimum atomic E-state index is -0.786. The number of nitrogens with one attached hydrogen (secondary N) is 2. The summed E-state index contributed by atoms with van der Waals surface area (Å²) in [7, 11) is 0. The van der Waals surface area contributed by atoms with Crippen molar-refractivity contribution in [1.82, 2.24) is 5.32 Å². The van der Waals surface area contributed by atoms with Gasteiger partial charge in [0, 0.05) is 11.3 Å². The third-order valence-electron chi connectivity index (χ3n) is 2.80. The van der Waals surface area contributed by atoms with Gasteiger partial charge in [-0.25, -0.2) is 0 Å². The Morgan fingerprint density at radius 2 is 2.05 bits per heavy atom. The van der Waals surface area contributed by atoms with Crippen LogP contribution in [0.2, 0.25) is 0 Å². The minimum absolute atomic E-state index is 0.205. The monoisotopic (exact) mass is 288 g/mol. The maximum Gasteiger partial charge on any atom is 0.313 e. The highest BCUT2D eigenvalue weighted by Gasteiger charge is 2.19. The van der Waals surface area contributed by atoms with Crippen LogP contribution >= 0.6 is 0 Å². The van der Waals surface area contributed by atoms with Crippen LogP contribution in [0.5, 0.6) is 0 Å². The lowest BCUT2D eigenvalue weighted by molar-refractivity contribution is -0.136. The summed E-state index contributed by atoms with van der Waals surface area (Å²) in [5.74, 6) is 1.19. The van der Waals surface area contributed by atoms with E-state index >= 15 is 0 Å². The fraction of sp³-hybridized carbons (Fsp3) is 0.375. The molecule has 1 rings (SSSR count). The molecule has 0 bridgehead atoms. The number of benzene rings is 1. The lowest BCUT2D eigenvalue weighted by atomic mass is 10.0. The van der Waals surface area contributed by atoms with Crippen molar-refractivity contribution in [1.29, 1.82) is 0 Å². The standard InChI is InChI=1S/C16H20N2O3/c1-4-12-6-5-7-13(9-12)17-15(20)16(21)18-14(10-19)8-11(2)3/h1,5-7,9,11,14,19H,8,10H2,2-3H3,(H,17,20)(H,18,21). The Labute approximate surface area is 124 Å². The smallest absolute Gasteiger partial charge is 0.313 e. The molecule has 5 nitrogen and oxygen atoms in total. The predicted molar refractivity (Wildman–Crippen MR) is 81.5 cm³/mol. The topological polar surface area (TPSA) is 78.4 Å². The fourth-order valence-corrected chi connectivity index (χ4v) is 1.87. The van der Waals surface area contributed by atoms with E-state index in [1.807, 2.05) is 13.8 Å². The van der Waals surface area contributed by atoms with Crippen molar-refractivity contribution >= 4 is 17.5 Å². The average Bonchev–Trinajstić information content (AvgIpc) is 2.46. The number of anilines is 1. The van der Waals surface area contributed by atoms with Gasteiger partial charge < -0.3 is 15.7 Å². The van der Waals surface area contributed by atoms with Gasteiger partial charge in [-0.05, 0) is 30.5 Å². The van der Waals surface area contributed by atoms with Crippen molar-refractivity contribution in [3.8, 4) is 12.3 Å². The Morgan fingerprint density at radius 3 is 2.62 bits per heavy atom. The summed E-state index contributed by atoms with van der Waals surface area (Å²) in [5.41, 5.74) is 1.07. The van der Waals surface area contributed by atoms with Crippen LogP contribution in [0.15, 0.2) is 24.3 Å². The lowest BCUT2D eigenvalue weighted by Gasteiger charge is -2.17. The van der Waals surface area contributed by atoms with Crippen LogP contribution in [0.3, 0.4) is 0 Å². The zero-order valence-corrected chi connectivity index (χ0v) is 12.2.